The number of hydrogen-bond donors (Lipinski definition) is 4. The summed E-state index contributed by atoms with van der Waals surface area (Å²) in [6.07, 6.45) is 8.66. The van der Waals surface area contributed by atoms with Gasteiger partial charge >= 0.3 is 0 Å². The fraction of sp³-hybridized carbons (Fsp3) is 0.667. The summed E-state index contributed by atoms with van der Waals surface area (Å²) in [4.78, 5) is 70.2. The third kappa shape index (κ3) is 9.24. The number of sulfone groups is 1. The van der Waals surface area contributed by atoms with Crippen LogP contribution in [0, 0.1) is 5.92 Å². The second-order valence-corrected chi connectivity index (χ2v) is 21.7. The van der Waals surface area contributed by atoms with Crippen molar-refractivity contribution in [3.8, 4) is 0 Å². The second-order valence-electron chi connectivity index (χ2n) is 17.5. The van der Waals surface area contributed by atoms with E-state index in [4.69, 9.17) is 5.73 Å². The van der Waals surface area contributed by atoms with E-state index in [1.54, 1.807) is 4.31 Å². The molecule has 2 aromatic rings. The molecule has 4 amide bonds. The number of aromatic nitrogens is 3. The molecule has 1 aromatic carbocycles. The zero-order valence-electron chi connectivity index (χ0n) is 33.4. The lowest BCUT2D eigenvalue weighted by Crippen LogP contribution is -2.64. The molecule has 20 heteroatoms. The van der Waals surface area contributed by atoms with E-state index in [1.807, 2.05) is 0 Å². The Hall–Kier alpha value is -4.27. The Morgan fingerprint density at radius 3 is 2.15 bits per heavy atom. The van der Waals surface area contributed by atoms with Gasteiger partial charge in [-0.15, -0.1) is 5.10 Å². The molecule has 5 fully saturated rings. The maximum Gasteiger partial charge on any atom is 0.287 e. The maximum atomic E-state index is 14.9. The normalized spacial score (nSPS) is 24.0. The number of likely N-dealkylation sites (tertiary alicyclic amines) is 1. The summed E-state index contributed by atoms with van der Waals surface area (Å²) in [5.41, 5.74) is 2.51. The number of primary amides is 1. The highest BCUT2D eigenvalue weighted by atomic mass is 32.2. The van der Waals surface area contributed by atoms with Crippen LogP contribution in [0.1, 0.15) is 119 Å². The molecule has 2 saturated heterocycles. The summed E-state index contributed by atoms with van der Waals surface area (Å²) in [5.74, 6) is -5.41. The van der Waals surface area contributed by atoms with Gasteiger partial charge in [-0.05, 0) is 89.0 Å². The van der Waals surface area contributed by atoms with E-state index < -0.39 is 103 Å². The molecule has 59 heavy (non-hydrogen) atoms. The van der Waals surface area contributed by atoms with E-state index in [2.05, 4.69) is 20.9 Å². The Bertz CT molecular complexity index is 2160. The van der Waals surface area contributed by atoms with Crippen LogP contribution in [0.5, 0.6) is 0 Å². The van der Waals surface area contributed by atoms with Crippen molar-refractivity contribution in [3.05, 3.63) is 41.7 Å². The Kier molecular flexibility index (Phi) is 11.8. The van der Waals surface area contributed by atoms with Gasteiger partial charge in [-0.1, -0.05) is 37.3 Å². The summed E-state index contributed by atoms with van der Waals surface area (Å²) in [6.45, 7) is 2.96. The highest BCUT2D eigenvalue weighted by Gasteiger charge is 2.51. The number of carbonyl (C=O) groups is 5. The standard InChI is InChI=1S/C39H54N8O10S2/c1-38(2,53)32-22-41-44-46(32)28-21-31(36(51)43-39(33(48)34(40)49)16-18-58(54,55)19-17-39)45(23-28)37(52)30(20-24-6-4-3-5-7-24)42-35(50)25-8-14-29(15-9-25)59(56,57)47(26-10-11-26)27-12-13-27/h8-9,14-15,22,24,26-28,30-31,53H,3-7,10-13,16-21,23H2,1-2H3,(H2,40,49)(H,42,50)(H,43,51)/t28?,30-,31?/m1/s1. The van der Waals surface area contributed by atoms with Gasteiger partial charge in [0, 0.05) is 30.6 Å². The van der Waals surface area contributed by atoms with Crippen LogP contribution in [0.4, 0.5) is 0 Å². The van der Waals surface area contributed by atoms with Gasteiger partial charge < -0.3 is 26.4 Å². The molecule has 3 heterocycles. The van der Waals surface area contributed by atoms with Crippen molar-refractivity contribution < 1.29 is 45.9 Å². The molecule has 3 atom stereocenters. The van der Waals surface area contributed by atoms with Gasteiger partial charge in [0.05, 0.1) is 34.3 Å². The molecule has 2 aliphatic heterocycles. The lowest BCUT2D eigenvalue weighted by atomic mass is 9.84. The molecule has 5 aliphatic rings. The van der Waals surface area contributed by atoms with Crippen LogP contribution < -0.4 is 16.4 Å². The maximum absolute atomic E-state index is 14.9. The molecule has 2 unspecified atom stereocenters. The SMILES string of the molecule is CC(C)(O)c1cnnn1C1CC(C(=O)NC2(C(=O)C(N)=O)CCS(=O)(=O)CC2)N(C(=O)[C@@H](CC2CCCCC2)NC(=O)c2ccc(S(=O)(=O)N(C3CC3)C3CC3)cc2)C1. The molecule has 3 saturated carbocycles. The molecule has 3 aliphatic carbocycles. The summed E-state index contributed by atoms with van der Waals surface area (Å²) in [7, 11) is -7.33. The molecule has 322 valence electrons. The van der Waals surface area contributed by atoms with E-state index in [9.17, 15) is 45.9 Å². The van der Waals surface area contributed by atoms with Gasteiger partial charge in [0.25, 0.3) is 11.8 Å². The second kappa shape index (κ2) is 16.3. The Morgan fingerprint density at radius 1 is 0.983 bits per heavy atom. The fourth-order valence-electron chi connectivity index (χ4n) is 8.95. The van der Waals surface area contributed by atoms with Gasteiger partial charge in [-0.25, -0.2) is 21.5 Å². The number of nitrogens with two attached hydrogens (primary N) is 1. The highest BCUT2D eigenvalue weighted by Crippen LogP contribution is 2.41. The minimum absolute atomic E-state index is 0.00242. The summed E-state index contributed by atoms with van der Waals surface area (Å²) < 4.78 is 55.0. The first kappa shape index (κ1) is 42.8. The topological polar surface area (TPSA) is 261 Å². The minimum atomic E-state index is -3.77. The minimum Gasteiger partial charge on any atom is -0.384 e. The number of benzene rings is 1. The Balaban J connectivity index is 1.18. The zero-order valence-corrected chi connectivity index (χ0v) is 35.0. The fourth-order valence-corrected chi connectivity index (χ4v) is 12.4. The number of hydrogen-bond acceptors (Lipinski definition) is 12. The molecule has 0 bridgehead atoms. The van der Waals surface area contributed by atoms with E-state index in [-0.39, 0.29) is 47.8 Å². The molecular weight excluding hydrogens is 805 g/mol. The molecule has 0 spiro atoms. The highest BCUT2D eigenvalue weighted by molar-refractivity contribution is 7.91. The summed E-state index contributed by atoms with van der Waals surface area (Å²) in [5, 5.41) is 24.6. The summed E-state index contributed by atoms with van der Waals surface area (Å²) >= 11 is 0. The third-order valence-corrected chi connectivity index (χ3v) is 16.2. The predicted molar refractivity (Wildman–Crippen MR) is 211 cm³/mol. The van der Waals surface area contributed by atoms with Gasteiger partial charge in [0.15, 0.2) is 9.84 Å². The van der Waals surface area contributed by atoms with Crippen LogP contribution in [0.3, 0.4) is 0 Å². The molecule has 0 radical (unpaired) electrons. The van der Waals surface area contributed by atoms with E-state index >= 15 is 0 Å². The van der Waals surface area contributed by atoms with Gasteiger partial charge in [-0.3, -0.25) is 24.0 Å². The van der Waals surface area contributed by atoms with Crippen LogP contribution >= 0.6 is 0 Å². The number of nitrogens with one attached hydrogen (secondary N) is 2. The first-order valence-electron chi connectivity index (χ1n) is 20.5. The first-order chi connectivity index (χ1) is 27.8. The van der Waals surface area contributed by atoms with Gasteiger partial charge in [-0.2, -0.15) is 4.31 Å². The molecular formula is C39H54N8O10S2. The largest absolute Gasteiger partial charge is 0.384 e. The predicted octanol–water partition coefficient (Wildman–Crippen LogP) is 0.850. The van der Waals surface area contributed by atoms with Gasteiger partial charge in [0.1, 0.15) is 23.2 Å². The van der Waals surface area contributed by atoms with Crippen LogP contribution in [0.25, 0.3) is 0 Å². The van der Waals surface area contributed by atoms with Crippen molar-refractivity contribution in [1.82, 2.24) is 34.8 Å². The van der Waals surface area contributed by atoms with Crippen molar-refractivity contribution in [3.63, 3.8) is 0 Å². The molecule has 18 nitrogen and oxygen atoms in total. The van der Waals surface area contributed by atoms with Crippen LogP contribution in [0.2, 0.25) is 0 Å². The number of Topliss-reactive ketones (excluding diaryl/α,β-unsaturated/α-hetero) is 1. The number of amides is 4. The lowest BCUT2D eigenvalue weighted by molar-refractivity contribution is -0.145. The Morgan fingerprint density at radius 2 is 1.59 bits per heavy atom. The van der Waals surface area contributed by atoms with Crippen LogP contribution in [-0.2, 0) is 44.6 Å². The number of sulfonamides is 1. The Labute approximate surface area is 344 Å². The zero-order chi connectivity index (χ0) is 42.5. The number of aliphatic hydroxyl groups is 1. The first-order valence-corrected chi connectivity index (χ1v) is 23.8. The average molecular weight is 859 g/mol. The van der Waals surface area contributed by atoms with Crippen molar-refractivity contribution in [1.29, 1.82) is 0 Å². The number of rotatable bonds is 15. The lowest BCUT2D eigenvalue weighted by Gasteiger charge is -2.37. The summed E-state index contributed by atoms with van der Waals surface area (Å²) in [6, 6.07) is 2.52. The van der Waals surface area contributed by atoms with Crippen molar-refractivity contribution in [2.75, 3.05) is 18.1 Å². The van der Waals surface area contributed by atoms with Crippen LogP contribution in [0.15, 0.2) is 35.4 Å². The smallest absolute Gasteiger partial charge is 0.287 e. The van der Waals surface area contributed by atoms with E-state index in [0.29, 0.717) is 5.69 Å². The van der Waals surface area contributed by atoms with Crippen molar-refractivity contribution in [2.45, 2.75) is 144 Å². The third-order valence-electron chi connectivity index (χ3n) is 12.5. The number of nitrogens with zero attached hydrogens (tertiary/aromatic N) is 5. The molecule has 7 rings (SSSR count). The number of carbonyl (C=O) groups excluding carboxylic acids is 5. The van der Waals surface area contributed by atoms with Crippen molar-refractivity contribution >= 4 is 49.3 Å². The van der Waals surface area contributed by atoms with Crippen LogP contribution in [-0.4, -0.2) is 123 Å². The van der Waals surface area contributed by atoms with Gasteiger partial charge in [0.2, 0.25) is 27.6 Å². The quantitative estimate of drug-likeness (QED) is 0.182. The average Bonchev–Trinajstić information content (AvgIpc) is 4.11. The van der Waals surface area contributed by atoms with Crippen molar-refractivity contribution in [2.24, 2.45) is 11.7 Å². The number of ketones is 1. The molecule has 5 N–H and O–H groups in total. The van der Waals surface area contributed by atoms with E-state index in [1.165, 1.54) is 53.9 Å². The molecule has 1 aromatic heterocycles. The van der Waals surface area contributed by atoms with E-state index in [0.717, 1.165) is 57.8 Å². The monoisotopic (exact) mass is 858 g/mol.